The molecule has 1 aliphatic rings. The van der Waals surface area contributed by atoms with Gasteiger partial charge in [0.05, 0.1) is 19.8 Å². The minimum Gasteiger partial charge on any atom is -0.399 e. The Morgan fingerprint density at radius 1 is 1.41 bits per heavy atom. The second-order valence-corrected chi connectivity index (χ2v) is 4.34. The van der Waals surface area contributed by atoms with E-state index in [0.29, 0.717) is 19.3 Å². The summed E-state index contributed by atoms with van der Waals surface area (Å²) < 4.78 is 5.22. The van der Waals surface area contributed by atoms with Crippen LogP contribution in [0.5, 0.6) is 0 Å². The first kappa shape index (κ1) is 12.4. The third kappa shape index (κ3) is 3.19. The summed E-state index contributed by atoms with van der Waals surface area (Å²) in [6, 6.07) is 6.56. The third-order valence-electron chi connectivity index (χ3n) is 3.12. The Hall–Kier alpha value is -1.10. The topological polar surface area (TPSA) is 67.5 Å². The number of nitrogen functional groups attached to an aromatic ring is 1. The summed E-state index contributed by atoms with van der Waals surface area (Å²) in [5.74, 6) is 0. The molecule has 0 spiro atoms. The van der Waals surface area contributed by atoms with Crippen LogP contribution in [0.2, 0.25) is 0 Å². The molecule has 0 saturated heterocycles. The van der Waals surface area contributed by atoms with Gasteiger partial charge in [-0.1, -0.05) is 6.07 Å². The van der Waals surface area contributed by atoms with Crippen LogP contribution in [0.4, 0.5) is 5.69 Å². The van der Waals surface area contributed by atoms with E-state index in [1.54, 1.807) is 0 Å². The fourth-order valence-electron chi connectivity index (χ4n) is 2.32. The Bertz CT molecular complexity index is 368. The van der Waals surface area contributed by atoms with Gasteiger partial charge in [-0.2, -0.15) is 0 Å². The van der Waals surface area contributed by atoms with Crippen LogP contribution < -0.4 is 11.1 Å². The predicted octanol–water partition coefficient (Wildman–Crippen LogP) is 0.855. The first-order valence-electron chi connectivity index (χ1n) is 6.11. The number of hydrogen-bond donors (Lipinski definition) is 3. The van der Waals surface area contributed by atoms with E-state index in [-0.39, 0.29) is 6.61 Å². The van der Waals surface area contributed by atoms with Gasteiger partial charge in [-0.05, 0) is 36.1 Å². The number of aliphatic hydroxyl groups is 1. The van der Waals surface area contributed by atoms with Gasteiger partial charge < -0.3 is 20.9 Å². The number of ether oxygens (including phenoxy) is 1. The summed E-state index contributed by atoms with van der Waals surface area (Å²) in [5.41, 5.74) is 9.33. The summed E-state index contributed by atoms with van der Waals surface area (Å²) in [7, 11) is 0. The highest BCUT2D eigenvalue weighted by molar-refractivity contribution is 5.47. The molecule has 94 valence electrons. The molecule has 0 fully saturated rings. The molecule has 1 aromatic rings. The molecule has 1 aromatic carbocycles. The highest BCUT2D eigenvalue weighted by Crippen LogP contribution is 2.31. The zero-order chi connectivity index (χ0) is 12.1. The standard InChI is InChI=1S/C13H20N2O2/c14-11-2-3-12-10(9-11)1-4-13(12)15-5-7-17-8-6-16/h2-3,9,13,15-16H,1,4-8,14H2. The van der Waals surface area contributed by atoms with Crippen molar-refractivity contribution in [1.82, 2.24) is 5.32 Å². The molecule has 4 nitrogen and oxygen atoms in total. The molecule has 1 atom stereocenters. The van der Waals surface area contributed by atoms with Crippen molar-refractivity contribution < 1.29 is 9.84 Å². The Labute approximate surface area is 102 Å². The first-order chi connectivity index (χ1) is 8.31. The van der Waals surface area contributed by atoms with E-state index in [2.05, 4.69) is 17.4 Å². The number of benzene rings is 1. The van der Waals surface area contributed by atoms with Crippen molar-refractivity contribution in [2.24, 2.45) is 0 Å². The minimum atomic E-state index is 0.0888. The van der Waals surface area contributed by atoms with E-state index in [9.17, 15) is 0 Å². The summed E-state index contributed by atoms with van der Waals surface area (Å²) in [6.45, 7) is 1.96. The van der Waals surface area contributed by atoms with Gasteiger partial charge in [0, 0.05) is 18.3 Å². The number of nitrogens with one attached hydrogen (secondary N) is 1. The molecule has 4 heteroatoms. The number of aliphatic hydroxyl groups excluding tert-OH is 1. The van der Waals surface area contributed by atoms with E-state index in [1.807, 2.05) is 6.07 Å². The molecule has 0 heterocycles. The molecule has 0 bridgehead atoms. The molecule has 17 heavy (non-hydrogen) atoms. The zero-order valence-corrected chi connectivity index (χ0v) is 9.98. The summed E-state index contributed by atoms with van der Waals surface area (Å²) in [5, 5.41) is 12.0. The zero-order valence-electron chi connectivity index (χ0n) is 9.98. The largest absolute Gasteiger partial charge is 0.399 e. The Morgan fingerprint density at radius 3 is 3.12 bits per heavy atom. The maximum Gasteiger partial charge on any atom is 0.0698 e. The van der Waals surface area contributed by atoms with Crippen molar-refractivity contribution >= 4 is 5.69 Å². The van der Waals surface area contributed by atoms with Crippen LogP contribution >= 0.6 is 0 Å². The van der Waals surface area contributed by atoms with Crippen molar-refractivity contribution in [2.75, 3.05) is 32.1 Å². The minimum absolute atomic E-state index is 0.0888. The van der Waals surface area contributed by atoms with Crippen molar-refractivity contribution in [2.45, 2.75) is 18.9 Å². The molecule has 1 unspecified atom stereocenters. The Morgan fingerprint density at radius 2 is 2.29 bits per heavy atom. The van der Waals surface area contributed by atoms with Crippen molar-refractivity contribution in [3.05, 3.63) is 29.3 Å². The van der Waals surface area contributed by atoms with Gasteiger partial charge in [0.15, 0.2) is 0 Å². The number of fused-ring (bicyclic) bond motifs is 1. The quantitative estimate of drug-likeness (QED) is 0.506. The molecule has 0 saturated carbocycles. The SMILES string of the molecule is Nc1ccc2c(c1)CCC2NCCOCCO. The van der Waals surface area contributed by atoms with E-state index in [4.69, 9.17) is 15.6 Å². The average Bonchev–Trinajstić information content (AvgIpc) is 2.71. The van der Waals surface area contributed by atoms with Gasteiger partial charge in [0.1, 0.15) is 0 Å². The fourth-order valence-corrected chi connectivity index (χ4v) is 2.32. The maximum absolute atomic E-state index is 8.58. The fraction of sp³-hybridized carbons (Fsp3) is 0.538. The lowest BCUT2D eigenvalue weighted by atomic mass is 10.1. The molecule has 4 N–H and O–H groups in total. The normalized spacial score (nSPS) is 18.3. The number of hydrogen-bond acceptors (Lipinski definition) is 4. The molecular weight excluding hydrogens is 216 g/mol. The Balaban J connectivity index is 1.81. The van der Waals surface area contributed by atoms with E-state index < -0.39 is 0 Å². The summed E-state index contributed by atoms with van der Waals surface area (Å²) >= 11 is 0. The van der Waals surface area contributed by atoms with Gasteiger partial charge >= 0.3 is 0 Å². The smallest absolute Gasteiger partial charge is 0.0698 e. The van der Waals surface area contributed by atoms with Gasteiger partial charge in [-0.25, -0.2) is 0 Å². The Kier molecular flexibility index (Phi) is 4.36. The molecular formula is C13H20N2O2. The van der Waals surface area contributed by atoms with Crippen LogP contribution in [0.3, 0.4) is 0 Å². The van der Waals surface area contributed by atoms with Crippen molar-refractivity contribution in [3.63, 3.8) is 0 Å². The second kappa shape index (κ2) is 6.00. The lowest BCUT2D eigenvalue weighted by molar-refractivity contribution is 0.0926. The number of aryl methyl sites for hydroxylation is 1. The second-order valence-electron chi connectivity index (χ2n) is 4.34. The molecule has 0 aromatic heterocycles. The van der Waals surface area contributed by atoms with Crippen LogP contribution in [0, 0.1) is 0 Å². The third-order valence-corrected chi connectivity index (χ3v) is 3.12. The summed E-state index contributed by atoms with van der Waals surface area (Å²) in [4.78, 5) is 0. The van der Waals surface area contributed by atoms with Crippen LogP contribution in [-0.4, -0.2) is 31.5 Å². The lowest BCUT2D eigenvalue weighted by Crippen LogP contribution is -2.24. The first-order valence-corrected chi connectivity index (χ1v) is 6.11. The van der Waals surface area contributed by atoms with Gasteiger partial charge in [0.25, 0.3) is 0 Å². The van der Waals surface area contributed by atoms with Crippen molar-refractivity contribution in [3.8, 4) is 0 Å². The number of rotatable bonds is 6. The maximum atomic E-state index is 8.58. The van der Waals surface area contributed by atoms with Crippen LogP contribution in [0.1, 0.15) is 23.6 Å². The van der Waals surface area contributed by atoms with E-state index in [1.165, 1.54) is 11.1 Å². The molecule has 2 rings (SSSR count). The van der Waals surface area contributed by atoms with Gasteiger partial charge in [-0.15, -0.1) is 0 Å². The number of nitrogens with two attached hydrogens (primary N) is 1. The van der Waals surface area contributed by atoms with E-state index in [0.717, 1.165) is 25.1 Å². The average molecular weight is 236 g/mol. The monoisotopic (exact) mass is 236 g/mol. The van der Waals surface area contributed by atoms with E-state index >= 15 is 0 Å². The van der Waals surface area contributed by atoms with Crippen LogP contribution in [-0.2, 0) is 11.2 Å². The van der Waals surface area contributed by atoms with Gasteiger partial charge in [-0.3, -0.25) is 0 Å². The highest BCUT2D eigenvalue weighted by Gasteiger charge is 2.21. The van der Waals surface area contributed by atoms with Crippen molar-refractivity contribution in [1.29, 1.82) is 0 Å². The molecule has 0 amide bonds. The van der Waals surface area contributed by atoms with Crippen LogP contribution in [0.15, 0.2) is 18.2 Å². The molecule has 1 aliphatic carbocycles. The number of anilines is 1. The van der Waals surface area contributed by atoms with Crippen LogP contribution in [0.25, 0.3) is 0 Å². The lowest BCUT2D eigenvalue weighted by Gasteiger charge is -2.14. The highest BCUT2D eigenvalue weighted by atomic mass is 16.5. The summed E-state index contributed by atoms with van der Waals surface area (Å²) in [6.07, 6.45) is 2.22. The van der Waals surface area contributed by atoms with Gasteiger partial charge in [0.2, 0.25) is 0 Å². The predicted molar refractivity (Wildman–Crippen MR) is 67.8 cm³/mol. The molecule has 0 aliphatic heterocycles. The molecule has 0 radical (unpaired) electrons.